The van der Waals surface area contributed by atoms with E-state index in [4.69, 9.17) is 0 Å². The molecule has 0 aromatic heterocycles. The first-order valence-electron chi connectivity index (χ1n) is 9.05. The highest BCUT2D eigenvalue weighted by Crippen LogP contribution is 2.27. The lowest BCUT2D eigenvalue weighted by Crippen LogP contribution is -2.43. The molecule has 146 valence electrons. The number of aliphatic imine (C=N–C) groups is 1. The first kappa shape index (κ1) is 23.1. The zero-order chi connectivity index (χ0) is 18.1. The van der Waals surface area contributed by atoms with Crippen LogP contribution in [0.3, 0.4) is 0 Å². The number of nitrogens with zero attached hydrogens (tertiary/aromatic N) is 1. The van der Waals surface area contributed by atoms with E-state index in [1.165, 1.54) is 19.3 Å². The largest absolute Gasteiger partial charge is 0.357 e. The molecule has 26 heavy (non-hydrogen) atoms. The molecule has 2 unspecified atom stereocenters. The van der Waals surface area contributed by atoms with Crippen molar-refractivity contribution in [3.05, 3.63) is 35.4 Å². The summed E-state index contributed by atoms with van der Waals surface area (Å²) in [6, 6.07) is 8.11. The quantitative estimate of drug-likeness (QED) is 0.238. The van der Waals surface area contributed by atoms with Crippen molar-refractivity contribution in [3.8, 4) is 0 Å². The third-order valence-corrected chi connectivity index (χ3v) is 5.45. The number of thioether (sulfide) groups is 1. The molecule has 3 N–H and O–H groups in total. The normalized spacial score (nSPS) is 19.6. The lowest BCUT2D eigenvalue weighted by atomic mass is 10.1. The molecule has 0 saturated heterocycles. The van der Waals surface area contributed by atoms with Crippen LogP contribution in [0.2, 0.25) is 0 Å². The van der Waals surface area contributed by atoms with Gasteiger partial charge in [-0.3, -0.25) is 9.79 Å². The van der Waals surface area contributed by atoms with Gasteiger partial charge < -0.3 is 16.0 Å². The molecule has 2 rings (SSSR count). The van der Waals surface area contributed by atoms with Crippen molar-refractivity contribution in [1.82, 2.24) is 16.0 Å². The molecule has 0 heterocycles. The van der Waals surface area contributed by atoms with Crippen molar-refractivity contribution >= 4 is 47.6 Å². The summed E-state index contributed by atoms with van der Waals surface area (Å²) in [5.41, 5.74) is 1.78. The number of hydrogen-bond acceptors (Lipinski definition) is 3. The molecule has 0 aliphatic heterocycles. The predicted molar refractivity (Wildman–Crippen MR) is 123 cm³/mol. The van der Waals surface area contributed by atoms with Gasteiger partial charge in [0.2, 0.25) is 0 Å². The van der Waals surface area contributed by atoms with Gasteiger partial charge >= 0.3 is 0 Å². The van der Waals surface area contributed by atoms with Crippen LogP contribution in [0.5, 0.6) is 0 Å². The van der Waals surface area contributed by atoms with Crippen molar-refractivity contribution in [2.75, 3.05) is 25.9 Å². The highest BCUT2D eigenvalue weighted by Gasteiger charge is 2.24. The number of halogens is 1. The van der Waals surface area contributed by atoms with E-state index in [-0.39, 0.29) is 29.9 Å². The molecule has 0 radical (unpaired) electrons. The summed E-state index contributed by atoms with van der Waals surface area (Å²) in [6.45, 7) is 5.98. The van der Waals surface area contributed by atoms with E-state index in [0.29, 0.717) is 24.7 Å². The average Bonchev–Trinajstić information content (AvgIpc) is 3.06. The maximum absolute atomic E-state index is 12.1. The monoisotopic (exact) mass is 490 g/mol. The molecule has 2 atom stereocenters. The molecule has 1 saturated carbocycles. The van der Waals surface area contributed by atoms with Crippen LogP contribution in [-0.4, -0.2) is 49.0 Å². The van der Waals surface area contributed by atoms with Crippen molar-refractivity contribution in [1.29, 1.82) is 0 Å². The minimum Gasteiger partial charge on any atom is -0.357 e. The second-order valence-corrected chi connectivity index (χ2v) is 7.54. The Morgan fingerprint density at radius 3 is 2.77 bits per heavy atom. The second kappa shape index (κ2) is 12.4. The first-order valence-corrected chi connectivity index (χ1v) is 10.3. The highest BCUT2D eigenvalue weighted by atomic mass is 127. The Bertz CT molecular complexity index is 597. The Morgan fingerprint density at radius 2 is 2.12 bits per heavy atom. The van der Waals surface area contributed by atoms with Gasteiger partial charge in [-0.25, -0.2) is 0 Å². The molecule has 1 aliphatic carbocycles. The Morgan fingerprint density at radius 1 is 1.31 bits per heavy atom. The van der Waals surface area contributed by atoms with Gasteiger partial charge in [-0.05, 0) is 51.5 Å². The molecule has 7 heteroatoms. The highest BCUT2D eigenvalue weighted by molar-refractivity contribution is 14.0. The zero-order valence-corrected chi connectivity index (χ0v) is 19.0. The Kier molecular flexibility index (Phi) is 11.0. The van der Waals surface area contributed by atoms with Gasteiger partial charge in [-0.2, -0.15) is 11.8 Å². The maximum atomic E-state index is 12.1. The molecule has 0 bridgehead atoms. The lowest BCUT2D eigenvalue weighted by Gasteiger charge is -2.17. The van der Waals surface area contributed by atoms with Crippen molar-refractivity contribution < 1.29 is 4.79 Å². The van der Waals surface area contributed by atoms with E-state index in [0.717, 1.165) is 23.3 Å². The molecule has 5 nitrogen and oxygen atoms in total. The van der Waals surface area contributed by atoms with E-state index < -0.39 is 0 Å². The van der Waals surface area contributed by atoms with Gasteiger partial charge in [-0.15, -0.1) is 24.0 Å². The zero-order valence-electron chi connectivity index (χ0n) is 15.9. The van der Waals surface area contributed by atoms with Gasteiger partial charge in [-0.1, -0.05) is 17.7 Å². The third-order valence-electron chi connectivity index (χ3n) is 4.35. The standard InChI is InChI=1S/C19H30N4OS.HI/c1-4-20-19(23-16-8-9-17(13-16)25-3)22-11-10-21-18(24)15-7-5-6-14(2)12-15;/h5-7,12,16-17H,4,8-11,13H2,1-3H3,(H,21,24)(H2,20,22,23);1H. The molecule has 1 fully saturated rings. The molecular formula is C19H31IN4OS. The number of carbonyl (C=O) groups is 1. The summed E-state index contributed by atoms with van der Waals surface area (Å²) in [7, 11) is 0. The summed E-state index contributed by atoms with van der Waals surface area (Å²) >= 11 is 1.95. The smallest absolute Gasteiger partial charge is 0.251 e. The Balaban J connectivity index is 0.00000338. The fraction of sp³-hybridized carbons (Fsp3) is 0.579. The summed E-state index contributed by atoms with van der Waals surface area (Å²) in [6.07, 6.45) is 5.84. The van der Waals surface area contributed by atoms with Gasteiger partial charge in [0.25, 0.3) is 5.91 Å². The van der Waals surface area contributed by atoms with Crippen LogP contribution in [0, 0.1) is 6.92 Å². The number of benzene rings is 1. The molecule has 0 spiro atoms. The lowest BCUT2D eigenvalue weighted by molar-refractivity contribution is 0.0954. The minimum absolute atomic E-state index is 0. The van der Waals surface area contributed by atoms with E-state index in [9.17, 15) is 4.79 Å². The van der Waals surface area contributed by atoms with Crippen LogP contribution in [0.4, 0.5) is 0 Å². The van der Waals surface area contributed by atoms with Crippen LogP contribution in [0.25, 0.3) is 0 Å². The number of guanidine groups is 1. The topological polar surface area (TPSA) is 65.5 Å². The molecular weight excluding hydrogens is 459 g/mol. The number of amides is 1. The van der Waals surface area contributed by atoms with Crippen LogP contribution in [-0.2, 0) is 0 Å². The van der Waals surface area contributed by atoms with Crippen LogP contribution >= 0.6 is 35.7 Å². The van der Waals surface area contributed by atoms with Crippen molar-refractivity contribution in [2.45, 2.75) is 44.4 Å². The maximum Gasteiger partial charge on any atom is 0.251 e. The van der Waals surface area contributed by atoms with Crippen molar-refractivity contribution in [2.24, 2.45) is 4.99 Å². The third kappa shape index (κ3) is 7.73. The van der Waals surface area contributed by atoms with Crippen LogP contribution < -0.4 is 16.0 Å². The average molecular weight is 490 g/mol. The predicted octanol–water partition coefficient (Wildman–Crippen LogP) is 3.18. The molecule has 1 aromatic rings. The minimum atomic E-state index is -0.0459. The fourth-order valence-electron chi connectivity index (χ4n) is 3.02. The number of hydrogen-bond donors (Lipinski definition) is 3. The second-order valence-electron chi connectivity index (χ2n) is 6.40. The molecule has 1 amide bonds. The van der Waals surface area contributed by atoms with E-state index in [1.54, 1.807) is 0 Å². The van der Waals surface area contributed by atoms with Crippen LogP contribution in [0.1, 0.15) is 42.1 Å². The van der Waals surface area contributed by atoms with E-state index >= 15 is 0 Å². The van der Waals surface area contributed by atoms with Crippen molar-refractivity contribution in [3.63, 3.8) is 0 Å². The number of carbonyl (C=O) groups excluding carboxylic acids is 1. The fourth-order valence-corrected chi connectivity index (χ4v) is 3.82. The molecule has 1 aromatic carbocycles. The Hall–Kier alpha value is -0.960. The van der Waals surface area contributed by atoms with Gasteiger partial charge in [0.05, 0.1) is 6.54 Å². The van der Waals surface area contributed by atoms with Gasteiger partial charge in [0.15, 0.2) is 5.96 Å². The Labute approximate surface area is 178 Å². The number of nitrogens with one attached hydrogen (secondary N) is 3. The van der Waals surface area contributed by atoms with E-state index in [1.807, 2.05) is 43.0 Å². The van der Waals surface area contributed by atoms with E-state index in [2.05, 4.69) is 34.1 Å². The summed E-state index contributed by atoms with van der Waals surface area (Å²) < 4.78 is 0. The van der Waals surface area contributed by atoms with Crippen LogP contribution in [0.15, 0.2) is 29.3 Å². The summed E-state index contributed by atoms with van der Waals surface area (Å²) in [5.74, 6) is 0.800. The molecule has 1 aliphatic rings. The summed E-state index contributed by atoms with van der Waals surface area (Å²) in [4.78, 5) is 16.7. The number of rotatable bonds is 7. The number of aryl methyl sites for hydroxylation is 1. The first-order chi connectivity index (χ1) is 12.1. The van der Waals surface area contributed by atoms with Gasteiger partial charge in [0.1, 0.15) is 0 Å². The summed E-state index contributed by atoms with van der Waals surface area (Å²) in [5, 5.41) is 10.5. The van der Waals surface area contributed by atoms with Gasteiger partial charge in [0, 0.05) is 29.9 Å². The SMILES string of the molecule is CCNC(=NCCNC(=O)c1cccc(C)c1)NC1CCC(SC)C1.I.